The third-order valence-electron chi connectivity index (χ3n) is 2.70. The summed E-state index contributed by atoms with van der Waals surface area (Å²) in [6.45, 7) is 0.586. The molecule has 0 spiro atoms. The molecule has 0 unspecified atom stereocenters. The van der Waals surface area contributed by atoms with Crippen molar-refractivity contribution >= 4 is 17.5 Å². The standard InChI is InChI=1S/C14H15N3O2/c1-19-14(18)11-7-8-16-13(12(11)15)17-9-10-5-3-2-4-6-10/h2-8H,9,15H2,1H3,(H,16,17). The first-order chi connectivity index (χ1) is 9.22. The van der Waals surface area contributed by atoms with Crippen LogP contribution in [0.5, 0.6) is 0 Å². The van der Waals surface area contributed by atoms with Crippen molar-refractivity contribution in [3.63, 3.8) is 0 Å². The van der Waals surface area contributed by atoms with Crippen LogP contribution in [0.2, 0.25) is 0 Å². The number of anilines is 2. The topological polar surface area (TPSA) is 77.2 Å². The highest BCUT2D eigenvalue weighted by Gasteiger charge is 2.13. The zero-order valence-corrected chi connectivity index (χ0v) is 10.6. The molecule has 5 nitrogen and oxygen atoms in total. The number of ether oxygens (including phenoxy) is 1. The summed E-state index contributed by atoms with van der Waals surface area (Å²) in [6, 6.07) is 11.4. The molecule has 0 bridgehead atoms. The average molecular weight is 257 g/mol. The number of nitrogen functional groups attached to an aromatic ring is 1. The Bertz CT molecular complexity index is 570. The SMILES string of the molecule is COC(=O)c1ccnc(NCc2ccccc2)c1N. The van der Waals surface area contributed by atoms with Gasteiger partial charge in [0.25, 0.3) is 0 Å². The van der Waals surface area contributed by atoms with Crippen LogP contribution in [-0.2, 0) is 11.3 Å². The molecule has 1 heterocycles. The summed E-state index contributed by atoms with van der Waals surface area (Å²) in [7, 11) is 1.32. The Morgan fingerprint density at radius 3 is 2.74 bits per heavy atom. The van der Waals surface area contributed by atoms with E-state index < -0.39 is 5.97 Å². The molecule has 5 heteroatoms. The third kappa shape index (κ3) is 3.01. The van der Waals surface area contributed by atoms with Gasteiger partial charge in [-0.05, 0) is 11.6 Å². The minimum Gasteiger partial charge on any atom is -0.465 e. The second kappa shape index (κ2) is 5.86. The second-order valence-corrected chi connectivity index (χ2v) is 3.95. The predicted molar refractivity (Wildman–Crippen MR) is 73.8 cm³/mol. The fraction of sp³-hybridized carbons (Fsp3) is 0.143. The number of nitrogens with one attached hydrogen (secondary N) is 1. The highest BCUT2D eigenvalue weighted by Crippen LogP contribution is 2.21. The first kappa shape index (κ1) is 12.9. The molecule has 0 fully saturated rings. The van der Waals surface area contributed by atoms with E-state index in [4.69, 9.17) is 5.73 Å². The molecule has 0 aliphatic carbocycles. The highest BCUT2D eigenvalue weighted by atomic mass is 16.5. The molecule has 0 radical (unpaired) electrons. The number of pyridine rings is 1. The first-order valence-electron chi connectivity index (χ1n) is 5.83. The molecule has 0 aliphatic heterocycles. The number of nitrogens with two attached hydrogens (primary N) is 1. The van der Waals surface area contributed by atoms with E-state index in [0.29, 0.717) is 23.6 Å². The summed E-state index contributed by atoms with van der Waals surface area (Å²) < 4.78 is 4.66. The number of carbonyl (C=O) groups excluding carboxylic acids is 1. The van der Waals surface area contributed by atoms with Crippen molar-refractivity contribution in [3.05, 3.63) is 53.7 Å². The Labute approximate surface area is 111 Å². The Morgan fingerprint density at radius 1 is 1.32 bits per heavy atom. The highest BCUT2D eigenvalue weighted by molar-refractivity contribution is 5.97. The van der Waals surface area contributed by atoms with Crippen LogP contribution in [0.3, 0.4) is 0 Å². The lowest BCUT2D eigenvalue weighted by atomic mass is 10.2. The zero-order valence-electron chi connectivity index (χ0n) is 10.6. The second-order valence-electron chi connectivity index (χ2n) is 3.95. The zero-order chi connectivity index (χ0) is 13.7. The van der Waals surface area contributed by atoms with Crippen LogP contribution in [0.1, 0.15) is 15.9 Å². The van der Waals surface area contributed by atoms with Crippen molar-refractivity contribution in [1.29, 1.82) is 0 Å². The molecule has 0 saturated carbocycles. The lowest BCUT2D eigenvalue weighted by molar-refractivity contribution is 0.0602. The van der Waals surface area contributed by atoms with Crippen LogP contribution in [0.15, 0.2) is 42.6 Å². The van der Waals surface area contributed by atoms with Gasteiger partial charge in [0.05, 0.1) is 18.4 Å². The van der Waals surface area contributed by atoms with Crippen LogP contribution in [0.4, 0.5) is 11.5 Å². The normalized spacial score (nSPS) is 9.95. The quantitative estimate of drug-likeness (QED) is 0.820. The van der Waals surface area contributed by atoms with Crippen LogP contribution < -0.4 is 11.1 Å². The molecule has 98 valence electrons. The molecule has 2 aromatic rings. The summed E-state index contributed by atoms with van der Waals surface area (Å²) in [5, 5.41) is 3.10. The number of hydrogen-bond donors (Lipinski definition) is 2. The maximum atomic E-state index is 11.5. The summed E-state index contributed by atoms with van der Waals surface area (Å²) >= 11 is 0. The van der Waals surface area contributed by atoms with Gasteiger partial charge in [0, 0.05) is 12.7 Å². The minimum atomic E-state index is -0.470. The van der Waals surface area contributed by atoms with Gasteiger partial charge < -0.3 is 15.8 Å². The summed E-state index contributed by atoms with van der Waals surface area (Å²) in [5.41, 5.74) is 7.61. The fourth-order valence-corrected chi connectivity index (χ4v) is 1.68. The van der Waals surface area contributed by atoms with Gasteiger partial charge in [-0.15, -0.1) is 0 Å². The summed E-state index contributed by atoms with van der Waals surface area (Å²) in [4.78, 5) is 15.6. The smallest absolute Gasteiger partial charge is 0.340 e. The van der Waals surface area contributed by atoms with Crippen molar-refractivity contribution in [2.75, 3.05) is 18.2 Å². The number of aromatic nitrogens is 1. The van der Waals surface area contributed by atoms with E-state index in [1.807, 2.05) is 30.3 Å². The molecule has 0 aliphatic rings. The van der Waals surface area contributed by atoms with Crippen molar-refractivity contribution in [2.24, 2.45) is 0 Å². The average Bonchev–Trinajstić information content (AvgIpc) is 2.46. The van der Waals surface area contributed by atoms with Crippen molar-refractivity contribution in [3.8, 4) is 0 Å². The van der Waals surface area contributed by atoms with Gasteiger partial charge in [0.2, 0.25) is 0 Å². The number of rotatable bonds is 4. The molecule has 0 amide bonds. The van der Waals surface area contributed by atoms with E-state index in [1.165, 1.54) is 19.4 Å². The van der Waals surface area contributed by atoms with Crippen molar-refractivity contribution < 1.29 is 9.53 Å². The molecule has 1 aromatic carbocycles. The molecular weight excluding hydrogens is 242 g/mol. The Kier molecular flexibility index (Phi) is 3.97. The predicted octanol–water partition coefficient (Wildman–Crippen LogP) is 2.06. The van der Waals surface area contributed by atoms with Crippen LogP contribution in [0, 0.1) is 0 Å². The maximum Gasteiger partial charge on any atom is 0.340 e. The molecular formula is C14H15N3O2. The van der Waals surface area contributed by atoms with Crippen LogP contribution in [0.25, 0.3) is 0 Å². The number of esters is 1. The molecule has 0 atom stereocenters. The van der Waals surface area contributed by atoms with Gasteiger partial charge in [0.1, 0.15) is 5.82 Å². The van der Waals surface area contributed by atoms with Crippen LogP contribution >= 0.6 is 0 Å². The number of benzene rings is 1. The molecule has 2 rings (SSSR count). The number of nitrogens with zero attached hydrogens (tertiary/aromatic N) is 1. The Hall–Kier alpha value is -2.56. The number of hydrogen-bond acceptors (Lipinski definition) is 5. The van der Waals surface area contributed by atoms with E-state index in [0.717, 1.165) is 5.56 Å². The van der Waals surface area contributed by atoms with E-state index in [2.05, 4.69) is 15.0 Å². The summed E-state index contributed by atoms with van der Waals surface area (Å²) in [5.74, 6) is 0.00872. The van der Waals surface area contributed by atoms with Crippen LogP contribution in [-0.4, -0.2) is 18.1 Å². The van der Waals surface area contributed by atoms with Crippen molar-refractivity contribution in [2.45, 2.75) is 6.54 Å². The lowest BCUT2D eigenvalue weighted by Gasteiger charge is -2.10. The summed E-state index contributed by atoms with van der Waals surface area (Å²) in [6.07, 6.45) is 1.52. The Morgan fingerprint density at radius 2 is 2.05 bits per heavy atom. The third-order valence-corrected chi connectivity index (χ3v) is 2.70. The monoisotopic (exact) mass is 257 g/mol. The van der Waals surface area contributed by atoms with Crippen molar-refractivity contribution in [1.82, 2.24) is 4.98 Å². The van der Waals surface area contributed by atoms with Gasteiger partial charge in [-0.2, -0.15) is 0 Å². The van der Waals surface area contributed by atoms with E-state index in [1.54, 1.807) is 0 Å². The fourth-order valence-electron chi connectivity index (χ4n) is 1.68. The maximum absolute atomic E-state index is 11.5. The molecule has 3 N–H and O–H groups in total. The van der Waals surface area contributed by atoms with E-state index >= 15 is 0 Å². The molecule has 19 heavy (non-hydrogen) atoms. The largest absolute Gasteiger partial charge is 0.465 e. The van der Waals surface area contributed by atoms with Gasteiger partial charge >= 0.3 is 5.97 Å². The van der Waals surface area contributed by atoms with Gasteiger partial charge in [-0.3, -0.25) is 0 Å². The molecule has 1 aromatic heterocycles. The number of methoxy groups -OCH3 is 1. The van der Waals surface area contributed by atoms with Gasteiger partial charge in [0.15, 0.2) is 0 Å². The van der Waals surface area contributed by atoms with E-state index in [-0.39, 0.29) is 0 Å². The Balaban J connectivity index is 2.15. The lowest BCUT2D eigenvalue weighted by Crippen LogP contribution is -2.10. The minimum absolute atomic E-state index is 0.297. The van der Waals surface area contributed by atoms with E-state index in [9.17, 15) is 4.79 Å². The van der Waals surface area contributed by atoms with Gasteiger partial charge in [-0.25, -0.2) is 9.78 Å². The number of carbonyl (C=O) groups is 1. The molecule has 0 saturated heterocycles. The van der Waals surface area contributed by atoms with Gasteiger partial charge in [-0.1, -0.05) is 30.3 Å². The first-order valence-corrected chi connectivity index (χ1v) is 5.83.